The van der Waals surface area contributed by atoms with Crippen molar-refractivity contribution in [2.75, 3.05) is 18.9 Å². The summed E-state index contributed by atoms with van der Waals surface area (Å²) in [5.41, 5.74) is 0.933. The van der Waals surface area contributed by atoms with Gasteiger partial charge >= 0.3 is 0 Å². The molecular formula is C16H18FN3O4. The summed E-state index contributed by atoms with van der Waals surface area (Å²) in [5.74, 6) is -2.57. The molecule has 1 unspecified atom stereocenters. The van der Waals surface area contributed by atoms with Crippen molar-refractivity contribution in [2.24, 2.45) is 0 Å². The fourth-order valence-corrected chi connectivity index (χ4v) is 2.58. The van der Waals surface area contributed by atoms with Crippen molar-refractivity contribution in [3.8, 4) is 0 Å². The predicted molar refractivity (Wildman–Crippen MR) is 84.1 cm³/mol. The van der Waals surface area contributed by atoms with E-state index in [1.54, 1.807) is 6.07 Å². The number of aldehydes is 1. The molecule has 1 aromatic carbocycles. The van der Waals surface area contributed by atoms with Crippen molar-refractivity contribution in [1.82, 2.24) is 10.0 Å². The summed E-state index contributed by atoms with van der Waals surface area (Å²) in [6.07, 6.45) is 0.427. The molecule has 24 heavy (non-hydrogen) atoms. The maximum atomic E-state index is 13.5. The number of rotatable bonds is 5. The van der Waals surface area contributed by atoms with Crippen molar-refractivity contribution >= 4 is 29.7 Å². The summed E-state index contributed by atoms with van der Waals surface area (Å²) in [5, 5.41) is 2.58. The molecule has 0 spiro atoms. The number of amides is 3. The Morgan fingerprint density at radius 3 is 2.79 bits per heavy atom. The second-order valence-corrected chi connectivity index (χ2v) is 5.43. The number of hydrogen-bond donors (Lipinski definition) is 1. The van der Waals surface area contributed by atoms with Crippen LogP contribution in [0.4, 0.5) is 10.2 Å². The SMILES string of the molecule is CCNc1ccc(C=O)c(C(=O)N(C)C2CCC(=O)N(F)C2=O)c1. The summed E-state index contributed by atoms with van der Waals surface area (Å²) >= 11 is 0. The largest absolute Gasteiger partial charge is 0.385 e. The van der Waals surface area contributed by atoms with Gasteiger partial charge < -0.3 is 10.2 Å². The summed E-state index contributed by atoms with van der Waals surface area (Å²) in [7, 11) is 1.35. The molecule has 1 saturated heterocycles. The van der Waals surface area contributed by atoms with Crippen LogP contribution in [0.25, 0.3) is 0 Å². The molecule has 1 fully saturated rings. The Hall–Kier alpha value is -2.77. The third-order valence-electron chi connectivity index (χ3n) is 3.91. The van der Waals surface area contributed by atoms with Gasteiger partial charge in [-0.1, -0.05) is 4.48 Å². The Balaban J connectivity index is 2.30. The fourth-order valence-electron chi connectivity index (χ4n) is 2.58. The van der Waals surface area contributed by atoms with Gasteiger partial charge in [0.05, 0.1) is 5.56 Å². The topological polar surface area (TPSA) is 86.8 Å². The zero-order valence-corrected chi connectivity index (χ0v) is 13.4. The summed E-state index contributed by atoms with van der Waals surface area (Å²) in [6, 6.07) is 3.59. The summed E-state index contributed by atoms with van der Waals surface area (Å²) in [4.78, 5) is 48.0. The lowest BCUT2D eigenvalue weighted by atomic mass is 10.0. The van der Waals surface area contributed by atoms with Crippen molar-refractivity contribution in [1.29, 1.82) is 0 Å². The number of likely N-dealkylation sites (N-methyl/N-ethyl adjacent to an activating group) is 1. The molecule has 2 rings (SSSR count). The highest BCUT2D eigenvalue weighted by atomic mass is 19.2. The monoisotopic (exact) mass is 335 g/mol. The second-order valence-electron chi connectivity index (χ2n) is 5.43. The van der Waals surface area contributed by atoms with Crippen LogP contribution in [0.2, 0.25) is 0 Å². The maximum Gasteiger partial charge on any atom is 0.280 e. The van der Waals surface area contributed by atoms with Gasteiger partial charge in [0.2, 0.25) is 0 Å². The number of carbonyl (C=O) groups is 4. The molecular weight excluding hydrogens is 317 g/mol. The van der Waals surface area contributed by atoms with E-state index in [0.717, 1.165) is 4.90 Å². The number of benzene rings is 1. The minimum atomic E-state index is -1.08. The van der Waals surface area contributed by atoms with Crippen LogP contribution in [-0.2, 0) is 9.59 Å². The fraction of sp³-hybridized carbons (Fsp3) is 0.375. The van der Waals surface area contributed by atoms with Crippen LogP contribution >= 0.6 is 0 Å². The molecule has 0 radical (unpaired) electrons. The molecule has 0 aliphatic carbocycles. The molecule has 1 N–H and O–H groups in total. The third-order valence-corrected chi connectivity index (χ3v) is 3.91. The Morgan fingerprint density at radius 2 is 2.17 bits per heavy atom. The van der Waals surface area contributed by atoms with E-state index in [2.05, 4.69) is 5.32 Å². The minimum absolute atomic E-state index is 0.0453. The van der Waals surface area contributed by atoms with Crippen molar-refractivity contribution in [3.63, 3.8) is 0 Å². The van der Waals surface area contributed by atoms with Crippen LogP contribution < -0.4 is 5.32 Å². The number of anilines is 1. The van der Waals surface area contributed by atoms with E-state index >= 15 is 0 Å². The van der Waals surface area contributed by atoms with Crippen molar-refractivity contribution in [2.45, 2.75) is 25.8 Å². The van der Waals surface area contributed by atoms with Crippen LogP contribution in [0.1, 0.15) is 40.5 Å². The Bertz CT molecular complexity index is 692. The highest BCUT2D eigenvalue weighted by Gasteiger charge is 2.39. The number of piperidine rings is 1. The van der Waals surface area contributed by atoms with E-state index in [4.69, 9.17) is 0 Å². The zero-order chi connectivity index (χ0) is 17.9. The van der Waals surface area contributed by atoms with E-state index in [1.165, 1.54) is 19.2 Å². The van der Waals surface area contributed by atoms with Crippen molar-refractivity contribution in [3.05, 3.63) is 29.3 Å². The molecule has 3 amide bonds. The first kappa shape index (κ1) is 17.6. The van der Waals surface area contributed by atoms with Gasteiger partial charge in [-0.05, 0) is 31.5 Å². The van der Waals surface area contributed by atoms with Gasteiger partial charge in [0.25, 0.3) is 17.7 Å². The average Bonchev–Trinajstić information content (AvgIpc) is 2.59. The maximum absolute atomic E-state index is 13.5. The molecule has 0 bridgehead atoms. The summed E-state index contributed by atoms with van der Waals surface area (Å²) < 4.78 is 13.5. The first-order valence-corrected chi connectivity index (χ1v) is 7.53. The van der Waals surface area contributed by atoms with Gasteiger partial charge in [-0.15, -0.1) is 5.12 Å². The quantitative estimate of drug-likeness (QED) is 0.499. The first-order valence-electron chi connectivity index (χ1n) is 7.53. The zero-order valence-electron chi connectivity index (χ0n) is 13.4. The number of nitrogens with zero attached hydrogens (tertiary/aromatic N) is 2. The Kier molecular flexibility index (Phi) is 5.28. The lowest BCUT2D eigenvalue weighted by molar-refractivity contribution is -0.169. The summed E-state index contributed by atoms with van der Waals surface area (Å²) in [6.45, 7) is 2.51. The van der Waals surface area contributed by atoms with Gasteiger partial charge in [-0.25, -0.2) is 0 Å². The second kappa shape index (κ2) is 7.20. The highest BCUT2D eigenvalue weighted by molar-refractivity contribution is 6.06. The standard InChI is InChI=1S/C16H18FN3O4/c1-3-18-11-5-4-10(9-21)12(8-11)15(23)19(2)13-6-7-14(22)20(17)16(13)24/h4-5,8-9,13,18H,3,6-7H2,1-2H3. The van der Waals surface area contributed by atoms with Gasteiger partial charge in [0.1, 0.15) is 6.04 Å². The van der Waals surface area contributed by atoms with E-state index in [1.807, 2.05) is 6.92 Å². The molecule has 1 atom stereocenters. The number of hydrogen-bond acceptors (Lipinski definition) is 5. The molecule has 7 nitrogen and oxygen atoms in total. The molecule has 1 aliphatic rings. The van der Waals surface area contributed by atoms with Gasteiger partial charge in [-0.2, -0.15) is 0 Å². The number of nitrogens with one attached hydrogen (secondary N) is 1. The molecule has 0 aromatic heterocycles. The van der Waals surface area contributed by atoms with E-state index in [9.17, 15) is 23.7 Å². The first-order chi connectivity index (χ1) is 11.4. The Labute approximate surface area is 138 Å². The minimum Gasteiger partial charge on any atom is -0.385 e. The lowest BCUT2D eigenvalue weighted by Gasteiger charge is -2.31. The molecule has 1 aromatic rings. The molecule has 1 aliphatic heterocycles. The van der Waals surface area contributed by atoms with Crippen LogP contribution in [0.3, 0.4) is 0 Å². The van der Waals surface area contributed by atoms with Crippen LogP contribution in [0.5, 0.6) is 0 Å². The van der Waals surface area contributed by atoms with E-state index < -0.39 is 28.9 Å². The molecule has 8 heteroatoms. The average molecular weight is 335 g/mol. The Morgan fingerprint density at radius 1 is 1.46 bits per heavy atom. The molecule has 128 valence electrons. The van der Waals surface area contributed by atoms with Crippen LogP contribution in [-0.4, -0.2) is 53.7 Å². The van der Waals surface area contributed by atoms with Crippen LogP contribution in [0.15, 0.2) is 18.2 Å². The lowest BCUT2D eigenvalue weighted by Crippen LogP contribution is -2.52. The predicted octanol–water partition coefficient (Wildman–Crippen LogP) is 1.41. The number of imide groups is 1. The number of carbonyl (C=O) groups excluding carboxylic acids is 4. The third kappa shape index (κ3) is 3.27. The molecule has 1 heterocycles. The van der Waals surface area contributed by atoms with Gasteiger partial charge in [0.15, 0.2) is 6.29 Å². The van der Waals surface area contributed by atoms with Crippen molar-refractivity contribution < 1.29 is 23.7 Å². The van der Waals surface area contributed by atoms with E-state index in [0.29, 0.717) is 18.5 Å². The van der Waals surface area contributed by atoms with Gasteiger partial charge in [-0.3, -0.25) is 19.2 Å². The molecule has 0 saturated carbocycles. The van der Waals surface area contributed by atoms with Gasteiger partial charge in [0, 0.05) is 31.3 Å². The smallest absolute Gasteiger partial charge is 0.280 e. The van der Waals surface area contributed by atoms with Crippen LogP contribution in [0, 0.1) is 0 Å². The highest BCUT2D eigenvalue weighted by Crippen LogP contribution is 2.22. The van der Waals surface area contributed by atoms with E-state index in [-0.39, 0.29) is 24.0 Å². The normalized spacial score (nSPS) is 17.6. The number of halogens is 1.